The Hall–Kier alpha value is -2.75. The van der Waals surface area contributed by atoms with Gasteiger partial charge >= 0.3 is 6.03 Å². The smallest absolute Gasteiger partial charge is 0.324 e. The summed E-state index contributed by atoms with van der Waals surface area (Å²) in [6, 6.07) is 1.48. The molecule has 0 radical (unpaired) electrons. The Morgan fingerprint density at radius 1 is 1.37 bits per heavy atom. The zero-order valence-corrected chi connectivity index (χ0v) is 18.8. The quantitative estimate of drug-likeness (QED) is 0.696. The van der Waals surface area contributed by atoms with Crippen molar-refractivity contribution in [3.05, 3.63) is 18.0 Å². The number of likely N-dealkylation sites (tertiary alicyclic amines) is 1. The summed E-state index contributed by atoms with van der Waals surface area (Å²) >= 11 is 1.35. The first kappa shape index (κ1) is 21.9. The van der Waals surface area contributed by atoms with Gasteiger partial charge in [-0.2, -0.15) is 0 Å². The molecule has 0 aromatic carbocycles. The molecular formula is C20H29N7O2S. The number of urea groups is 1. The molecule has 3 rings (SSSR count). The predicted molar refractivity (Wildman–Crippen MR) is 119 cm³/mol. The minimum Gasteiger partial charge on any atom is -0.368 e. The monoisotopic (exact) mass is 431 g/mol. The van der Waals surface area contributed by atoms with Gasteiger partial charge in [-0.1, -0.05) is 18.3 Å². The van der Waals surface area contributed by atoms with Crippen LogP contribution in [0.5, 0.6) is 0 Å². The van der Waals surface area contributed by atoms with Crippen molar-refractivity contribution in [1.82, 2.24) is 19.9 Å². The fourth-order valence-electron chi connectivity index (χ4n) is 3.69. The molecule has 1 fully saturated rings. The van der Waals surface area contributed by atoms with E-state index in [4.69, 9.17) is 10.7 Å². The molecule has 3 amide bonds. The van der Waals surface area contributed by atoms with Gasteiger partial charge in [-0.15, -0.1) is 0 Å². The molecule has 30 heavy (non-hydrogen) atoms. The van der Waals surface area contributed by atoms with Crippen LogP contribution in [0.2, 0.25) is 0 Å². The van der Waals surface area contributed by atoms with Gasteiger partial charge in [0.05, 0.1) is 16.3 Å². The van der Waals surface area contributed by atoms with Gasteiger partial charge in [0, 0.05) is 25.8 Å². The Morgan fingerprint density at radius 3 is 2.80 bits per heavy atom. The lowest BCUT2D eigenvalue weighted by Gasteiger charge is -2.31. The summed E-state index contributed by atoms with van der Waals surface area (Å²) in [4.78, 5) is 42.8. The number of primary amides is 1. The summed E-state index contributed by atoms with van der Waals surface area (Å²) in [6.07, 6.45) is 4.06. The fraction of sp³-hybridized carbons (Fsp3) is 0.550. The second-order valence-corrected chi connectivity index (χ2v) is 8.58. The molecule has 1 saturated heterocycles. The van der Waals surface area contributed by atoms with Crippen molar-refractivity contribution in [3.8, 4) is 10.6 Å². The van der Waals surface area contributed by atoms with E-state index >= 15 is 0 Å². The van der Waals surface area contributed by atoms with E-state index in [2.05, 4.69) is 34.0 Å². The minimum atomic E-state index is -0.969. The van der Waals surface area contributed by atoms with Crippen LogP contribution in [0.25, 0.3) is 10.6 Å². The van der Waals surface area contributed by atoms with Gasteiger partial charge in [0.1, 0.15) is 5.54 Å². The maximum atomic E-state index is 12.8. The molecule has 162 valence electrons. The molecular weight excluding hydrogens is 402 g/mol. The summed E-state index contributed by atoms with van der Waals surface area (Å²) in [5, 5.41) is 3.29. The third-order valence-corrected chi connectivity index (χ3v) is 6.56. The van der Waals surface area contributed by atoms with Crippen LogP contribution in [0.15, 0.2) is 12.3 Å². The number of hydrogen-bond donors (Lipinski definition) is 2. The van der Waals surface area contributed by atoms with Crippen molar-refractivity contribution < 1.29 is 9.59 Å². The number of carbonyl (C=O) groups excluding carboxylic acids is 2. The first-order valence-electron chi connectivity index (χ1n) is 10.2. The van der Waals surface area contributed by atoms with Crippen LogP contribution in [-0.2, 0) is 4.79 Å². The highest BCUT2D eigenvalue weighted by molar-refractivity contribution is 7.19. The molecule has 0 unspecified atom stereocenters. The number of rotatable bonds is 7. The van der Waals surface area contributed by atoms with E-state index in [1.54, 1.807) is 13.1 Å². The van der Waals surface area contributed by atoms with Gasteiger partial charge in [-0.05, 0) is 46.1 Å². The molecule has 10 heteroatoms. The number of nitrogens with one attached hydrogen (secondary N) is 1. The van der Waals surface area contributed by atoms with Crippen LogP contribution in [-0.4, -0.2) is 57.0 Å². The van der Waals surface area contributed by atoms with Crippen LogP contribution in [0, 0.1) is 6.92 Å². The summed E-state index contributed by atoms with van der Waals surface area (Å²) in [5.74, 6) is 0.191. The van der Waals surface area contributed by atoms with Gasteiger partial charge < -0.3 is 15.5 Å². The van der Waals surface area contributed by atoms with E-state index in [0.29, 0.717) is 24.0 Å². The number of nitrogens with two attached hydrogens (primary N) is 1. The third-order valence-electron chi connectivity index (χ3n) is 5.46. The maximum absolute atomic E-state index is 12.8. The van der Waals surface area contributed by atoms with Crippen molar-refractivity contribution in [2.75, 3.05) is 29.9 Å². The lowest BCUT2D eigenvalue weighted by molar-refractivity contribution is -0.126. The van der Waals surface area contributed by atoms with Crippen LogP contribution >= 0.6 is 11.3 Å². The average molecular weight is 432 g/mol. The highest BCUT2D eigenvalue weighted by atomic mass is 32.1. The second-order valence-electron chi connectivity index (χ2n) is 7.58. The summed E-state index contributed by atoms with van der Waals surface area (Å²) < 4.78 is 0. The molecule has 3 N–H and O–H groups in total. The number of thiazole rings is 1. The number of aryl methyl sites for hydroxylation is 1. The lowest BCUT2D eigenvalue weighted by atomic mass is 9.98. The van der Waals surface area contributed by atoms with Crippen LogP contribution in [0.1, 0.15) is 45.7 Å². The van der Waals surface area contributed by atoms with Crippen molar-refractivity contribution in [2.24, 2.45) is 5.73 Å². The van der Waals surface area contributed by atoms with Crippen molar-refractivity contribution in [2.45, 2.75) is 52.5 Å². The molecule has 0 bridgehead atoms. The molecule has 0 aliphatic carbocycles. The summed E-state index contributed by atoms with van der Waals surface area (Å²) in [7, 11) is 0. The maximum Gasteiger partial charge on any atom is 0.324 e. The molecule has 1 atom stereocenters. The lowest BCUT2D eigenvalue weighted by Crippen LogP contribution is -2.55. The largest absolute Gasteiger partial charge is 0.368 e. The molecule has 2 aromatic rings. The molecule has 1 aliphatic heterocycles. The van der Waals surface area contributed by atoms with E-state index in [9.17, 15) is 9.59 Å². The first-order valence-corrected chi connectivity index (χ1v) is 11.1. The second kappa shape index (κ2) is 8.95. The number of amides is 3. The van der Waals surface area contributed by atoms with Crippen molar-refractivity contribution in [3.63, 3.8) is 0 Å². The van der Waals surface area contributed by atoms with Crippen LogP contribution in [0.4, 0.5) is 15.9 Å². The highest BCUT2D eigenvalue weighted by Crippen LogP contribution is 2.34. The van der Waals surface area contributed by atoms with E-state index in [-0.39, 0.29) is 6.03 Å². The van der Waals surface area contributed by atoms with Gasteiger partial charge in [0.2, 0.25) is 11.9 Å². The minimum absolute atomic E-state index is 0.363. The Morgan fingerprint density at radius 2 is 2.13 bits per heavy atom. The molecule has 1 aliphatic rings. The molecule has 3 heterocycles. The predicted octanol–water partition coefficient (Wildman–Crippen LogP) is 3.02. The number of carbonyl (C=O) groups is 2. The van der Waals surface area contributed by atoms with Crippen LogP contribution in [0.3, 0.4) is 0 Å². The highest BCUT2D eigenvalue weighted by Gasteiger charge is 2.44. The molecule has 0 spiro atoms. The van der Waals surface area contributed by atoms with Gasteiger partial charge in [-0.25, -0.2) is 19.7 Å². The van der Waals surface area contributed by atoms with Crippen LogP contribution < -0.4 is 16.0 Å². The SMILES string of the molecule is CCCN(CC)c1nccc(-c2sc(NC(=O)N3CCC[C@@]3(C)C(N)=O)nc2C)n1. The van der Waals surface area contributed by atoms with Gasteiger partial charge in [0.15, 0.2) is 5.13 Å². The molecule has 9 nitrogen and oxygen atoms in total. The number of hydrogen-bond acceptors (Lipinski definition) is 7. The van der Waals surface area contributed by atoms with Gasteiger partial charge in [-0.3, -0.25) is 10.1 Å². The van der Waals surface area contributed by atoms with E-state index in [1.165, 1.54) is 16.2 Å². The Labute approximate surface area is 180 Å². The number of aromatic nitrogens is 3. The molecule has 2 aromatic heterocycles. The summed E-state index contributed by atoms with van der Waals surface area (Å²) in [5.41, 5.74) is 6.12. The first-order chi connectivity index (χ1) is 14.3. The van der Waals surface area contributed by atoms with E-state index in [1.807, 2.05) is 13.0 Å². The zero-order chi connectivity index (χ0) is 21.9. The summed E-state index contributed by atoms with van der Waals surface area (Å²) in [6.45, 7) is 10.00. The van der Waals surface area contributed by atoms with Crippen molar-refractivity contribution in [1.29, 1.82) is 0 Å². The van der Waals surface area contributed by atoms with Gasteiger partial charge in [0.25, 0.3) is 0 Å². The van der Waals surface area contributed by atoms with Crippen molar-refractivity contribution >= 4 is 34.4 Å². The molecule has 0 saturated carbocycles. The third kappa shape index (κ3) is 4.23. The number of anilines is 2. The Bertz CT molecular complexity index is 932. The fourth-order valence-corrected chi connectivity index (χ4v) is 4.61. The standard InChI is InChI=1S/C20H29N7O2S/c1-5-11-26(6-2)17-22-10-8-14(24-17)15-13(3)23-18(30-15)25-19(29)27-12-7-9-20(27,4)16(21)28/h8,10H,5-7,9,11-12H2,1-4H3,(H2,21,28)(H,23,25,29)/t20-/m0/s1. The topological polar surface area (TPSA) is 117 Å². The Kier molecular flexibility index (Phi) is 6.55. The average Bonchev–Trinajstić information content (AvgIpc) is 3.29. The van der Waals surface area contributed by atoms with E-state index in [0.717, 1.165) is 42.2 Å². The normalized spacial score (nSPS) is 18.5. The number of nitrogens with zero attached hydrogens (tertiary/aromatic N) is 5. The zero-order valence-electron chi connectivity index (χ0n) is 17.9. The Balaban J connectivity index is 1.81. The van der Waals surface area contributed by atoms with E-state index < -0.39 is 11.4 Å².